The number of hydrogen-bond acceptors (Lipinski definition) is 2. The summed E-state index contributed by atoms with van der Waals surface area (Å²) >= 11 is 0.145. The van der Waals surface area contributed by atoms with Gasteiger partial charge in [-0.1, -0.05) is 9.93 Å². The summed E-state index contributed by atoms with van der Waals surface area (Å²) in [5, 5.41) is 0.146. The molecule has 0 rings (SSSR count). The zero-order valence-corrected chi connectivity index (χ0v) is 6.06. The van der Waals surface area contributed by atoms with E-state index in [0.717, 1.165) is 0 Å². The average Bonchev–Trinajstić information content (AvgIpc) is 1.30. The average molecular weight is 144 g/mol. The van der Waals surface area contributed by atoms with Gasteiger partial charge in [-0.3, -0.25) is 4.21 Å². The smallest absolute Gasteiger partial charge is 0.0782 e. The van der Waals surface area contributed by atoms with Gasteiger partial charge in [-0.2, -0.15) is 3.89 Å². The normalized spacial score (nSPS) is 14.1. The molecule has 0 N–H and O–H groups in total. The molecule has 0 atom stereocenters. The third kappa shape index (κ3) is 6.43. The Balaban J connectivity index is 3.36. The van der Waals surface area contributed by atoms with Crippen LogP contribution in [0.4, 0.5) is 3.89 Å². The van der Waals surface area contributed by atoms with Crippen LogP contribution in [0.25, 0.3) is 0 Å². The minimum Gasteiger partial charge on any atom is -0.284 e. The van der Waals surface area contributed by atoms with Crippen molar-refractivity contribution in [1.29, 1.82) is 0 Å². The molecule has 7 heavy (non-hydrogen) atoms. The minimum atomic E-state index is -2.08. The Hall–Kier alpha value is 0.430. The lowest BCUT2D eigenvalue weighted by atomic mass is 11.8. The Morgan fingerprint density at radius 3 is 2.14 bits per heavy atom. The topological polar surface area (TPSA) is 17.1 Å². The highest BCUT2D eigenvalue weighted by Crippen LogP contribution is 2.07. The fraction of sp³-hybridized carbons (Fsp3) is 1.00. The summed E-state index contributed by atoms with van der Waals surface area (Å²) in [6.07, 6.45) is 3.14. The van der Waals surface area contributed by atoms with Crippen molar-refractivity contribution in [3.8, 4) is 0 Å². The molecule has 0 saturated heterocycles. The van der Waals surface area contributed by atoms with Gasteiger partial charge in [-0.15, -0.1) is 0 Å². The van der Waals surface area contributed by atoms with E-state index in [9.17, 15) is 8.09 Å². The third-order valence-electron chi connectivity index (χ3n) is 0.360. The molecule has 0 aliphatic rings. The van der Waals surface area contributed by atoms with E-state index < -0.39 is 9.93 Å². The zero-order valence-electron chi connectivity index (χ0n) is 4.35. The molecule has 0 amide bonds. The minimum absolute atomic E-state index is 0.145. The van der Waals surface area contributed by atoms with Crippen molar-refractivity contribution in [2.24, 2.45) is 0 Å². The first-order valence-electron chi connectivity index (χ1n) is 1.84. The quantitative estimate of drug-likeness (QED) is 0.578. The summed E-state index contributed by atoms with van der Waals surface area (Å²) in [7, 11) is -2.08. The van der Waals surface area contributed by atoms with Gasteiger partial charge in [0, 0.05) is 0 Å². The summed E-state index contributed by atoms with van der Waals surface area (Å²) in [4.78, 5) is 0. The van der Waals surface area contributed by atoms with Crippen LogP contribution in [0.15, 0.2) is 0 Å². The van der Waals surface area contributed by atoms with Crippen LogP contribution in [0.1, 0.15) is 0 Å². The highest BCUT2D eigenvalue weighted by molar-refractivity contribution is 8.14. The van der Waals surface area contributed by atoms with Crippen LogP contribution in [0.3, 0.4) is 0 Å². The van der Waals surface area contributed by atoms with Gasteiger partial charge < -0.3 is 0 Å². The standard InChI is InChI=1S/C3H9FOS2/c1-7(2,5)3-6-4/h7H,3H2,1-2H3. The largest absolute Gasteiger partial charge is 0.284 e. The first-order chi connectivity index (χ1) is 3.06. The maximum atomic E-state index is 11.2. The van der Waals surface area contributed by atoms with E-state index in [2.05, 4.69) is 0 Å². The third-order valence-corrected chi connectivity index (χ3v) is 3.24. The zero-order chi connectivity index (χ0) is 5.91. The molecule has 0 unspecified atom stereocenters. The first-order valence-corrected chi connectivity index (χ1v) is 5.51. The SMILES string of the molecule is C[SH](C)(=O)CSF. The van der Waals surface area contributed by atoms with E-state index in [0.29, 0.717) is 0 Å². The Labute approximate surface area is 48.4 Å². The van der Waals surface area contributed by atoms with E-state index in [1.807, 2.05) is 0 Å². The molecule has 0 radical (unpaired) electrons. The molecular formula is C3H9FOS2. The summed E-state index contributed by atoms with van der Waals surface area (Å²) in [6, 6.07) is 0. The van der Waals surface area contributed by atoms with Crippen molar-refractivity contribution in [2.45, 2.75) is 0 Å². The van der Waals surface area contributed by atoms with Gasteiger partial charge in [0.1, 0.15) is 0 Å². The summed E-state index contributed by atoms with van der Waals surface area (Å²) in [5.41, 5.74) is 0. The second kappa shape index (κ2) is 2.67. The molecule has 46 valence electrons. The van der Waals surface area contributed by atoms with Gasteiger partial charge >= 0.3 is 0 Å². The fourth-order valence-electron chi connectivity index (χ4n) is 0.118. The van der Waals surface area contributed by atoms with Gasteiger partial charge in [0.15, 0.2) is 0 Å². The van der Waals surface area contributed by atoms with Crippen molar-refractivity contribution in [3.63, 3.8) is 0 Å². The summed E-state index contributed by atoms with van der Waals surface area (Å²) < 4.78 is 21.8. The molecule has 4 heteroatoms. The monoisotopic (exact) mass is 144 g/mol. The van der Waals surface area contributed by atoms with E-state index >= 15 is 0 Å². The van der Waals surface area contributed by atoms with E-state index in [4.69, 9.17) is 0 Å². The molecule has 0 bridgehead atoms. The molecule has 0 heterocycles. The number of hydrogen-bond donors (Lipinski definition) is 1. The van der Waals surface area contributed by atoms with Crippen LogP contribution < -0.4 is 0 Å². The molecular weight excluding hydrogens is 135 g/mol. The highest BCUT2D eigenvalue weighted by Gasteiger charge is 1.97. The van der Waals surface area contributed by atoms with Gasteiger partial charge in [-0.05, 0) is 12.5 Å². The van der Waals surface area contributed by atoms with Crippen LogP contribution in [-0.4, -0.2) is 21.8 Å². The Kier molecular flexibility index (Phi) is 2.83. The number of halogens is 1. The fourth-order valence-corrected chi connectivity index (χ4v) is 1.06. The lowest BCUT2D eigenvalue weighted by Crippen LogP contribution is -2.06. The molecule has 1 nitrogen and oxygen atoms in total. The Morgan fingerprint density at radius 2 is 2.14 bits per heavy atom. The molecule has 0 aliphatic carbocycles. The van der Waals surface area contributed by atoms with Crippen molar-refractivity contribution in [3.05, 3.63) is 0 Å². The highest BCUT2D eigenvalue weighted by atomic mass is 32.3. The predicted octanol–water partition coefficient (Wildman–Crippen LogP) is 0.838. The van der Waals surface area contributed by atoms with Gasteiger partial charge in [0.2, 0.25) is 0 Å². The van der Waals surface area contributed by atoms with Gasteiger partial charge in [0.05, 0.1) is 17.2 Å². The van der Waals surface area contributed by atoms with E-state index in [1.165, 1.54) is 0 Å². The van der Waals surface area contributed by atoms with Crippen LogP contribution in [0, 0.1) is 0 Å². The first kappa shape index (κ1) is 7.43. The molecule has 0 saturated carbocycles. The molecule has 0 aliphatic heterocycles. The molecule has 0 aromatic rings. The maximum absolute atomic E-state index is 11.2. The van der Waals surface area contributed by atoms with Crippen molar-refractivity contribution < 1.29 is 8.09 Å². The summed E-state index contributed by atoms with van der Waals surface area (Å²) in [6.45, 7) is 0. The molecule has 0 fully saturated rings. The molecule has 0 aromatic heterocycles. The van der Waals surface area contributed by atoms with Gasteiger partial charge in [-0.25, -0.2) is 0 Å². The predicted molar refractivity (Wildman–Crippen MR) is 35.0 cm³/mol. The lowest BCUT2D eigenvalue weighted by molar-refractivity contribution is 0.681. The maximum Gasteiger partial charge on any atom is 0.0782 e. The Morgan fingerprint density at radius 1 is 1.71 bits per heavy atom. The Bertz CT molecular complexity index is 86.9. The van der Waals surface area contributed by atoms with Crippen molar-refractivity contribution >= 4 is 22.1 Å². The van der Waals surface area contributed by atoms with Crippen LogP contribution in [0.2, 0.25) is 0 Å². The molecule has 0 spiro atoms. The second-order valence-corrected chi connectivity index (χ2v) is 6.21. The number of thiol groups is 1. The summed E-state index contributed by atoms with van der Waals surface area (Å²) in [5.74, 6) is 0. The number of rotatable bonds is 2. The van der Waals surface area contributed by atoms with E-state index in [-0.39, 0.29) is 17.2 Å². The van der Waals surface area contributed by atoms with Crippen LogP contribution in [-0.2, 0) is 9.93 Å². The van der Waals surface area contributed by atoms with Crippen LogP contribution in [0.5, 0.6) is 0 Å². The van der Waals surface area contributed by atoms with Crippen molar-refractivity contribution in [1.82, 2.24) is 0 Å². The van der Waals surface area contributed by atoms with Crippen LogP contribution >= 0.6 is 12.1 Å². The lowest BCUT2D eigenvalue weighted by Gasteiger charge is -2.04. The molecule has 0 aromatic carbocycles. The van der Waals surface area contributed by atoms with Crippen molar-refractivity contribution in [2.75, 3.05) is 17.6 Å². The van der Waals surface area contributed by atoms with E-state index in [1.54, 1.807) is 12.5 Å². The van der Waals surface area contributed by atoms with Gasteiger partial charge in [0.25, 0.3) is 0 Å². The second-order valence-electron chi connectivity index (χ2n) is 1.81.